The highest BCUT2D eigenvalue weighted by molar-refractivity contribution is 7.84. The van der Waals surface area contributed by atoms with Gasteiger partial charge in [-0.1, -0.05) is 11.6 Å². The van der Waals surface area contributed by atoms with E-state index in [9.17, 15) is 9.00 Å². The molecule has 0 fully saturated rings. The first kappa shape index (κ1) is 16.9. The lowest BCUT2D eigenvalue weighted by atomic mass is 10.3. The molecule has 1 aromatic rings. The van der Waals surface area contributed by atoms with Crippen molar-refractivity contribution in [2.24, 2.45) is 0 Å². The number of nitrogens with two attached hydrogens (primary N) is 1. The van der Waals surface area contributed by atoms with Crippen molar-refractivity contribution < 1.29 is 13.7 Å². The van der Waals surface area contributed by atoms with E-state index in [2.05, 4.69) is 5.32 Å². The van der Waals surface area contributed by atoms with E-state index in [1.54, 1.807) is 25.3 Å². The van der Waals surface area contributed by atoms with Gasteiger partial charge < -0.3 is 15.8 Å². The Morgan fingerprint density at radius 1 is 1.45 bits per heavy atom. The molecule has 0 saturated heterocycles. The zero-order valence-corrected chi connectivity index (χ0v) is 12.9. The van der Waals surface area contributed by atoms with Crippen molar-refractivity contribution in [2.75, 3.05) is 36.3 Å². The van der Waals surface area contributed by atoms with Crippen LogP contribution in [0.4, 0.5) is 11.4 Å². The van der Waals surface area contributed by atoms with Crippen LogP contribution in [0.1, 0.15) is 12.8 Å². The van der Waals surface area contributed by atoms with E-state index in [0.29, 0.717) is 34.5 Å². The van der Waals surface area contributed by atoms with Crippen molar-refractivity contribution in [1.29, 1.82) is 0 Å². The summed E-state index contributed by atoms with van der Waals surface area (Å²) < 4.78 is 16.5. The van der Waals surface area contributed by atoms with E-state index >= 15 is 0 Å². The summed E-state index contributed by atoms with van der Waals surface area (Å²) in [4.78, 5) is 11.7. The average Bonchev–Trinajstić information content (AvgIpc) is 2.40. The van der Waals surface area contributed by atoms with Crippen LogP contribution in [0.3, 0.4) is 0 Å². The van der Waals surface area contributed by atoms with Crippen molar-refractivity contribution in [3.63, 3.8) is 0 Å². The summed E-state index contributed by atoms with van der Waals surface area (Å²) in [6.07, 6.45) is 0.925. The number of methoxy groups -OCH3 is 1. The predicted octanol–water partition coefficient (Wildman–Crippen LogP) is 2.04. The minimum absolute atomic E-state index is 0.195. The number of ether oxygens (including phenoxy) is 1. The first-order chi connectivity index (χ1) is 9.52. The summed E-state index contributed by atoms with van der Waals surface area (Å²) in [6.45, 7) is 0.582. The van der Waals surface area contributed by atoms with Gasteiger partial charge in [-0.25, -0.2) is 0 Å². The Hall–Kier alpha value is -1.11. The highest BCUT2D eigenvalue weighted by atomic mass is 35.5. The van der Waals surface area contributed by atoms with Gasteiger partial charge in [0.05, 0.1) is 10.7 Å². The fraction of sp³-hybridized carbons (Fsp3) is 0.462. The van der Waals surface area contributed by atoms with Gasteiger partial charge in [-0.3, -0.25) is 9.00 Å². The smallest absolute Gasteiger partial charge is 0.225 e. The molecule has 0 heterocycles. The molecule has 0 bridgehead atoms. The molecule has 1 aromatic carbocycles. The first-order valence-electron chi connectivity index (χ1n) is 6.21. The Morgan fingerprint density at radius 2 is 2.20 bits per heavy atom. The van der Waals surface area contributed by atoms with Crippen LogP contribution >= 0.6 is 11.6 Å². The van der Waals surface area contributed by atoms with E-state index in [4.69, 9.17) is 22.1 Å². The second kappa shape index (κ2) is 8.94. The zero-order valence-electron chi connectivity index (χ0n) is 11.4. The van der Waals surface area contributed by atoms with Crippen LogP contribution < -0.4 is 11.1 Å². The molecule has 1 rings (SSSR count). The van der Waals surface area contributed by atoms with E-state index in [0.717, 1.165) is 6.42 Å². The van der Waals surface area contributed by atoms with Gasteiger partial charge in [0.2, 0.25) is 5.91 Å². The number of carbonyl (C=O) groups excluding carboxylic acids is 1. The maximum absolute atomic E-state index is 11.7. The molecule has 1 amide bonds. The fourth-order valence-corrected chi connectivity index (χ4v) is 2.81. The summed E-state index contributed by atoms with van der Waals surface area (Å²) in [6, 6.07) is 4.87. The Bertz CT molecular complexity index is 483. The van der Waals surface area contributed by atoms with Crippen LogP contribution in [0.5, 0.6) is 0 Å². The number of halogens is 1. The normalized spacial score (nSPS) is 12.1. The lowest BCUT2D eigenvalue weighted by Crippen LogP contribution is -2.16. The maximum Gasteiger partial charge on any atom is 0.225 e. The molecule has 0 aliphatic carbocycles. The maximum atomic E-state index is 11.7. The third-order valence-corrected chi connectivity index (χ3v) is 4.26. The van der Waals surface area contributed by atoms with Gasteiger partial charge in [-0.15, -0.1) is 0 Å². The predicted molar refractivity (Wildman–Crippen MR) is 83.5 cm³/mol. The number of hydrogen-bond acceptors (Lipinski definition) is 4. The van der Waals surface area contributed by atoms with Crippen molar-refractivity contribution in [2.45, 2.75) is 12.8 Å². The van der Waals surface area contributed by atoms with E-state index < -0.39 is 10.8 Å². The molecule has 0 saturated carbocycles. The van der Waals surface area contributed by atoms with E-state index in [-0.39, 0.29) is 12.3 Å². The van der Waals surface area contributed by atoms with E-state index in [1.807, 2.05) is 0 Å². The first-order valence-corrected chi connectivity index (χ1v) is 8.08. The van der Waals surface area contributed by atoms with Crippen molar-refractivity contribution >= 4 is 39.7 Å². The highest BCUT2D eigenvalue weighted by Gasteiger charge is 2.08. The van der Waals surface area contributed by atoms with Gasteiger partial charge in [0.15, 0.2) is 0 Å². The molecule has 3 N–H and O–H groups in total. The molecule has 1 atom stereocenters. The lowest BCUT2D eigenvalue weighted by Gasteiger charge is -2.08. The monoisotopic (exact) mass is 318 g/mol. The molecular weight excluding hydrogens is 300 g/mol. The summed E-state index contributed by atoms with van der Waals surface area (Å²) in [5, 5.41) is 3.06. The van der Waals surface area contributed by atoms with Gasteiger partial charge in [0.1, 0.15) is 0 Å². The molecule has 0 radical (unpaired) electrons. The molecule has 1 unspecified atom stereocenters. The summed E-state index contributed by atoms with van der Waals surface area (Å²) in [5.74, 6) is 0.670. The number of anilines is 2. The van der Waals surface area contributed by atoms with Gasteiger partial charge >= 0.3 is 0 Å². The molecule has 0 aromatic heterocycles. The Labute approximate surface area is 126 Å². The van der Waals surface area contributed by atoms with Crippen LogP contribution in [0.15, 0.2) is 18.2 Å². The molecule has 7 heteroatoms. The average molecular weight is 319 g/mol. The summed E-state index contributed by atoms with van der Waals surface area (Å²) in [5.41, 5.74) is 6.61. The number of rotatable bonds is 8. The second-order valence-corrected chi connectivity index (χ2v) is 6.34. The summed E-state index contributed by atoms with van der Waals surface area (Å²) >= 11 is 5.95. The molecule has 112 valence electrons. The molecule has 0 aliphatic heterocycles. The number of amides is 1. The topological polar surface area (TPSA) is 81.4 Å². The van der Waals surface area contributed by atoms with Gasteiger partial charge in [0, 0.05) is 48.1 Å². The standard InChI is InChI=1S/C13H19ClN2O3S/c1-19-6-2-7-20(18)8-5-13(17)16-12-4-3-10(15)9-11(12)14/h3-4,9H,2,5-8,15H2,1H3,(H,16,17). The quantitative estimate of drug-likeness (QED) is 0.567. The number of nitrogens with one attached hydrogen (secondary N) is 1. The third-order valence-electron chi connectivity index (χ3n) is 2.54. The van der Waals surface area contributed by atoms with Crippen LogP contribution in [-0.4, -0.2) is 35.3 Å². The molecular formula is C13H19ClN2O3S. The fourth-order valence-electron chi connectivity index (χ4n) is 1.52. The van der Waals surface area contributed by atoms with Gasteiger partial charge in [0.25, 0.3) is 0 Å². The second-order valence-electron chi connectivity index (χ2n) is 4.23. The van der Waals surface area contributed by atoms with Crippen LogP contribution in [0.2, 0.25) is 5.02 Å². The highest BCUT2D eigenvalue weighted by Crippen LogP contribution is 2.24. The van der Waals surface area contributed by atoms with Crippen LogP contribution in [0, 0.1) is 0 Å². The molecule has 5 nitrogen and oxygen atoms in total. The zero-order chi connectivity index (χ0) is 15.0. The Kier molecular flexibility index (Phi) is 7.58. The molecule has 0 aliphatic rings. The minimum Gasteiger partial charge on any atom is -0.399 e. The Morgan fingerprint density at radius 3 is 2.85 bits per heavy atom. The number of carbonyl (C=O) groups is 1. The molecule has 20 heavy (non-hydrogen) atoms. The number of hydrogen-bond donors (Lipinski definition) is 2. The van der Waals surface area contributed by atoms with Crippen LogP contribution in [0.25, 0.3) is 0 Å². The van der Waals surface area contributed by atoms with E-state index in [1.165, 1.54) is 0 Å². The van der Waals surface area contributed by atoms with Crippen molar-refractivity contribution in [3.05, 3.63) is 23.2 Å². The third kappa shape index (κ3) is 6.36. The number of benzene rings is 1. The lowest BCUT2D eigenvalue weighted by molar-refractivity contribution is -0.115. The Balaban J connectivity index is 2.34. The largest absolute Gasteiger partial charge is 0.399 e. The van der Waals surface area contributed by atoms with Crippen molar-refractivity contribution in [1.82, 2.24) is 0 Å². The van der Waals surface area contributed by atoms with Gasteiger partial charge in [-0.2, -0.15) is 0 Å². The summed E-state index contributed by atoms with van der Waals surface area (Å²) in [7, 11) is 0.601. The van der Waals surface area contributed by atoms with Crippen LogP contribution in [-0.2, 0) is 20.3 Å². The molecule has 0 spiro atoms. The van der Waals surface area contributed by atoms with Gasteiger partial charge in [-0.05, 0) is 24.6 Å². The SMILES string of the molecule is COCCCS(=O)CCC(=O)Nc1ccc(N)cc1Cl. The minimum atomic E-state index is -1.00. The number of nitrogen functional groups attached to an aromatic ring is 1. The van der Waals surface area contributed by atoms with Crippen molar-refractivity contribution in [3.8, 4) is 0 Å².